The van der Waals surface area contributed by atoms with Gasteiger partial charge in [0.2, 0.25) is 0 Å². The number of carbonyl (C=O) groups excluding carboxylic acids is 1. The van der Waals surface area contributed by atoms with Crippen LogP contribution in [-0.4, -0.2) is 74.4 Å². The second-order valence-corrected chi connectivity index (χ2v) is 9.26. The zero-order valence-corrected chi connectivity index (χ0v) is 22.2. The number of carboxylic acid groups (broad SMARTS) is 1. The molecule has 10 heteroatoms. The van der Waals surface area contributed by atoms with Gasteiger partial charge in [0.1, 0.15) is 29.3 Å². The second kappa shape index (κ2) is 15.7. The average Bonchev–Trinajstić information content (AvgIpc) is 2.85. The Morgan fingerprint density at radius 2 is 1.70 bits per heavy atom. The molecule has 204 valence electrons. The molecular weight excluding hydrogens is 478 g/mol. The quantitative estimate of drug-likeness (QED) is 0.284. The van der Waals surface area contributed by atoms with Gasteiger partial charge < -0.3 is 34.7 Å². The summed E-state index contributed by atoms with van der Waals surface area (Å²) >= 11 is 0. The zero-order valence-electron chi connectivity index (χ0n) is 22.2. The Labute approximate surface area is 218 Å². The SMILES string of the molecule is CNc1cccc(CCc2ccc(C(=O)O)c(OCCOCCOCCCNC(=O)OC(C)(C)C)c2)n1. The lowest BCUT2D eigenvalue weighted by Gasteiger charge is -2.19. The van der Waals surface area contributed by atoms with Gasteiger partial charge in [-0.15, -0.1) is 0 Å². The number of aryl methyl sites for hydroxylation is 2. The lowest BCUT2D eigenvalue weighted by Crippen LogP contribution is -2.33. The van der Waals surface area contributed by atoms with Crippen molar-refractivity contribution < 1.29 is 33.6 Å². The summed E-state index contributed by atoms with van der Waals surface area (Å²) in [7, 11) is 1.83. The van der Waals surface area contributed by atoms with Crippen molar-refractivity contribution in [1.82, 2.24) is 10.3 Å². The Morgan fingerprint density at radius 1 is 0.973 bits per heavy atom. The molecule has 37 heavy (non-hydrogen) atoms. The van der Waals surface area contributed by atoms with E-state index in [1.54, 1.807) is 18.2 Å². The topological polar surface area (TPSA) is 128 Å². The second-order valence-electron chi connectivity index (χ2n) is 9.26. The van der Waals surface area contributed by atoms with Gasteiger partial charge in [-0.1, -0.05) is 12.1 Å². The van der Waals surface area contributed by atoms with E-state index in [-0.39, 0.29) is 12.2 Å². The van der Waals surface area contributed by atoms with Crippen molar-refractivity contribution >= 4 is 17.9 Å². The Hall–Kier alpha value is -3.37. The Bertz CT molecular complexity index is 992. The molecule has 0 aliphatic rings. The van der Waals surface area contributed by atoms with Crippen molar-refractivity contribution in [3.05, 3.63) is 53.2 Å². The van der Waals surface area contributed by atoms with E-state index in [9.17, 15) is 14.7 Å². The van der Waals surface area contributed by atoms with Crippen molar-refractivity contribution in [3.8, 4) is 5.75 Å². The lowest BCUT2D eigenvalue weighted by atomic mass is 10.0. The fourth-order valence-electron chi connectivity index (χ4n) is 3.26. The van der Waals surface area contributed by atoms with Gasteiger partial charge in [0.05, 0.1) is 19.8 Å². The van der Waals surface area contributed by atoms with Crippen molar-refractivity contribution in [1.29, 1.82) is 0 Å². The lowest BCUT2D eigenvalue weighted by molar-refractivity contribution is 0.0343. The molecule has 0 bridgehead atoms. The summed E-state index contributed by atoms with van der Waals surface area (Å²) < 4.78 is 21.9. The molecule has 0 unspecified atom stereocenters. The highest BCUT2D eigenvalue weighted by molar-refractivity contribution is 5.91. The number of anilines is 1. The van der Waals surface area contributed by atoms with Gasteiger partial charge in [-0.25, -0.2) is 14.6 Å². The molecule has 0 atom stereocenters. The summed E-state index contributed by atoms with van der Waals surface area (Å²) in [4.78, 5) is 27.6. The number of aromatic carboxylic acids is 1. The molecule has 0 radical (unpaired) electrons. The van der Waals surface area contributed by atoms with Crippen LogP contribution in [0.25, 0.3) is 0 Å². The first-order valence-corrected chi connectivity index (χ1v) is 12.4. The van der Waals surface area contributed by atoms with Crippen molar-refractivity contribution in [3.63, 3.8) is 0 Å². The summed E-state index contributed by atoms with van der Waals surface area (Å²) in [6.07, 6.45) is 1.65. The minimum Gasteiger partial charge on any atom is -0.490 e. The molecule has 1 heterocycles. The zero-order chi connectivity index (χ0) is 27.1. The largest absolute Gasteiger partial charge is 0.490 e. The third-order valence-electron chi connectivity index (χ3n) is 5.00. The number of pyridine rings is 1. The number of nitrogens with one attached hydrogen (secondary N) is 2. The van der Waals surface area contributed by atoms with Crippen LogP contribution in [0.4, 0.5) is 10.6 Å². The number of carbonyl (C=O) groups is 2. The Morgan fingerprint density at radius 3 is 2.41 bits per heavy atom. The first-order valence-electron chi connectivity index (χ1n) is 12.4. The maximum Gasteiger partial charge on any atom is 0.407 e. The molecule has 0 saturated carbocycles. The van der Waals surface area contributed by atoms with Gasteiger partial charge in [0.15, 0.2) is 0 Å². The van der Waals surface area contributed by atoms with Crippen LogP contribution in [0, 0.1) is 0 Å². The maximum atomic E-state index is 11.6. The summed E-state index contributed by atoms with van der Waals surface area (Å²) in [6.45, 7) is 7.70. The third-order valence-corrected chi connectivity index (χ3v) is 5.00. The van der Waals surface area contributed by atoms with Crippen molar-refractivity contribution in [2.24, 2.45) is 0 Å². The van der Waals surface area contributed by atoms with E-state index < -0.39 is 17.7 Å². The minimum atomic E-state index is -1.04. The first kappa shape index (κ1) is 29.9. The number of rotatable bonds is 16. The predicted molar refractivity (Wildman–Crippen MR) is 141 cm³/mol. The van der Waals surface area contributed by atoms with E-state index in [0.29, 0.717) is 51.6 Å². The van der Waals surface area contributed by atoms with Crippen molar-refractivity contribution in [2.75, 3.05) is 51.9 Å². The first-order chi connectivity index (χ1) is 17.7. The maximum absolute atomic E-state index is 11.6. The molecule has 0 spiro atoms. The fourth-order valence-corrected chi connectivity index (χ4v) is 3.26. The van der Waals surface area contributed by atoms with Gasteiger partial charge in [-0.2, -0.15) is 0 Å². The molecule has 0 aliphatic carbocycles. The van der Waals surface area contributed by atoms with E-state index in [0.717, 1.165) is 23.5 Å². The van der Waals surface area contributed by atoms with E-state index in [2.05, 4.69) is 15.6 Å². The number of alkyl carbamates (subject to hydrolysis) is 1. The number of nitrogens with zero attached hydrogens (tertiary/aromatic N) is 1. The summed E-state index contributed by atoms with van der Waals surface area (Å²) in [6, 6.07) is 10.9. The molecule has 0 aliphatic heterocycles. The van der Waals surface area contributed by atoms with Gasteiger partial charge in [0.25, 0.3) is 0 Å². The smallest absolute Gasteiger partial charge is 0.407 e. The minimum absolute atomic E-state index is 0.113. The standard InChI is InChI=1S/C27H39N3O7/c1-27(2,3)37-26(33)29-13-6-14-34-15-16-35-17-18-36-23-19-20(10-12-22(23)25(31)32)9-11-21-7-5-8-24(28-4)30-21/h5,7-8,10,12,19H,6,9,11,13-18H2,1-4H3,(H,28,30)(H,29,33)(H,31,32). The molecule has 1 amide bonds. The van der Waals surface area contributed by atoms with Gasteiger partial charge in [0, 0.05) is 25.9 Å². The van der Waals surface area contributed by atoms with Crippen LogP contribution < -0.4 is 15.4 Å². The highest BCUT2D eigenvalue weighted by Gasteiger charge is 2.15. The van der Waals surface area contributed by atoms with Crippen LogP contribution in [-0.2, 0) is 27.1 Å². The summed E-state index contributed by atoms with van der Waals surface area (Å²) in [5, 5.41) is 15.2. The number of amides is 1. The monoisotopic (exact) mass is 517 g/mol. The van der Waals surface area contributed by atoms with E-state index in [1.807, 2.05) is 46.0 Å². The predicted octanol–water partition coefficient (Wildman–Crippen LogP) is 3.93. The normalized spacial score (nSPS) is 11.1. The van der Waals surface area contributed by atoms with Crippen LogP contribution in [0.1, 0.15) is 48.8 Å². The average molecular weight is 518 g/mol. The third kappa shape index (κ3) is 12.4. The number of hydrogen-bond acceptors (Lipinski definition) is 8. The van der Waals surface area contributed by atoms with Gasteiger partial charge in [-0.05, 0) is 69.9 Å². The molecule has 0 fully saturated rings. The van der Waals surface area contributed by atoms with Crippen molar-refractivity contribution in [2.45, 2.75) is 45.6 Å². The van der Waals surface area contributed by atoms with E-state index in [1.165, 1.54) is 0 Å². The number of hydrogen-bond donors (Lipinski definition) is 3. The molecule has 3 N–H and O–H groups in total. The number of carboxylic acids is 1. The van der Waals surface area contributed by atoms with E-state index in [4.69, 9.17) is 18.9 Å². The number of benzene rings is 1. The highest BCUT2D eigenvalue weighted by Crippen LogP contribution is 2.22. The van der Waals surface area contributed by atoms with E-state index >= 15 is 0 Å². The summed E-state index contributed by atoms with van der Waals surface area (Å²) in [5.41, 5.74) is 1.51. The Kier molecular flexibility index (Phi) is 12.7. The number of ether oxygens (including phenoxy) is 4. The molecule has 0 saturated heterocycles. The van der Waals surface area contributed by atoms with Crippen LogP contribution in [0.15, 0.2) is 36.4 Å². The van der Waals surface area contributed by atoms with Crippen LogP contribution in [0.2, 0.25) is 0 Å². The highest BCUT2D eigenvalue weighted by atomic mass is 16.6. The fraction of sp³-hybridized carbons (Fsp3) is 0.519. The molecule has 1 aromatic carbocycles. The van der Waals surface area contributed by atoms with Gasteiger partial charge >= 0.3 is 12.1 Å². The van der Waals surface area contributed by atoms with Gasteiger partial charge in [-0.3, -0.25) is 0 Å². The van der Waals surface area contributed by atoms with Crippen LogP contribution in [0.3, 0.4) is 0 Å². The van der Waals surface area contributed by atoms with Crippen LogP contribution in [0.5, 0.6) is 5.75 Å². The molecule has 2 rings (SSSR count). The molecule has 1 aromatic heterocycles. The van der Waals surface area contributed by atoms with Crippen LogP contribution >= 0.6 is 0 Å². The molecule has 2 aromatic rings. The Balaban J connectivity index is 1.64. The summed E-state index contributed by atoms with van der Waals surface area (Å²) in [5.74, 6) is 0.0861. The molecule has 10 nitrogen and oxygen atoms in total. The molecular formula is C27H39N3O7. The number of aromatic nitrogens is 1.